The number of benzene rings is 1. The van der Waals surface area contributed by atoms with Gasteiger partial charge in [-0.3, -0.25) is 4.99 Å². The van der Waals surface area contributed by atoms with Crippen molar-refractivity contribution in [1.82, 2.24) is 10.6 Å². The van der Waals surface area contributed by atoms with E-state index in [1.165, 1.54) is 17.3 Å². The molecule has 3 rings (SSSR count). The van der Waals surface area contributed by atoms with Gasteiger partial charge in [0.1, 0.15) is 29.8 Å². The second-order valence-corrected chi connectivity index (χ2v) is 6.80. The fourth-order valence-electron chi connectivity index (χ4n) is 2.79. The fourth-order valence-corrected chi connectivity index (χ4v) is 3.98. The number of thioether (sulfide) groups is 1. The van der Waals surface area contributed by atoms with Crippen LogP contribution in [0.5, 0.6) is 0 Å². The molecule has 1 fully saturated rings. The predicted octanol–water partition coefficient (Wildman–Crippen LogP) is 1.15. The second kappa shape index (κ2) is 10.6. The van der Waals surface area contributed by atoms with Gasteiger partial charge >= 0.3 is 0 Å². The first-order valence-electron chi connectivity index (χ1n) is 7.93. The molecule has 25 heavy (non-hydrogen) atoms. The van der Waals surface area contributed by atoms with E-state index in [9.17, 15) is 10.2 Å². The van der Waals surface area contributed by atoms with E-state index >= 15 is 0 Å². The highest BCUT2D eigenvalue weighted by Gasteiger charge is 2.47. The highest BCUT2D eigenvalue weighted by atomic mass is 35.5. The van der Waals surface area contributed by atoms with Crippen molar-refractivity contribution >= 4 is 41.7 Å². The first-order chi connectivity index (χ1) is 11.2. The van der Waals surface area contributed by atoms with Crippen molar-refractivity contribution in [2.24, 2.45) is 4.99 Å². The van der Waals surface area contributed by atoms with Gasteiger partial charge in [0.05, 0.1) is 0 Å². The number of nitrogens with one attached hydrogen (secondary N) is 2. The van der Waals surface area contributed by atoms with Crippen LogP contribution < -0.4 is 10.6 Å². The van der Waals surface area contributed by atoms with Crippen LogP contribution in [0.15, 0.2) is 35.3 Å². The molecule has 1 aromatic rings. The lowest BCUT2D eigenvalue weighted by molar-refractivity contribution is -0.150. The number of amidine groups is 1. The summed E-state index contributed by atoms with van der Waals surface area (Å²) in [7, 11) is 0. The molecule has 1 saturated heterocycles. The Morgan fingerprint density at radius 1 is 1.16 bits per heavy atom. The monoisotopic (exact) mass is 409 g/mol. The van der Waals surface area contributed by atoms with Crippen LogP contribution in [0.25, 0.3) is 0 Å². The first kappa shape index (κ1) is 22.5. The molecule has 0 radical (unpaired) electrons. The number of fused-ring (bicyclic) bond motifs is 1. The molecule has 0 spiro atoms. The number of halogens is 2. The van der Waals surface area contributed by atoms with Gasteiger partial charge in [0.25, 0.3) is 0 Å². The highest BCUT2D eigenvalue weighted by Crippen LogP contribution is 2.35. The van der Waals surface area contributed by atoms with E-state index in [0.717, 1.165) is 11.7 Å². The zero-order valence-corrected chi connectivity index (χ0v) is 16.3. The molecular weight excluding hydrogens is 385 g/mol. The number of rotatable bonds is 5. The molecule has 0 aromatic heterocycles. The summed E-state index contributed by atoms with van der Waals surface area (Å²) in [5.41, 5.74) is 0.926. The molecule has 5 atom stereocenters. The van der Waals surface area contributed by atoms with Crippen molar-refractivity contribution in [2.75, 3.05) is 13.1 Å². The summed E-state index contributed by atoms with van der Waals surface area (Å²) in [5, 5.41) is 27.8. The van der Waals surface area contributed by atoms with Gasteiger partial charge < -0.3 is 25.6 Å². The lowest BCUT2D eigenvalue weighted by Crippen LogP contribution is -2.57. The Bertz CT molecular complexity index is 553. The summed E-state index contributed by atoms with van der Waals surface area (Å²) in [6, 6.07) is 9.64. The van der Waals surface area contributed by atoms with Gasteiger partial charge in [0.2, 0.25) is 0 Å². The fraction of sp³-hybridized carbons (Fsp3) is 0.562. The predicted molar refractivity (Wildman–Crippen MR) is 106 cm³/mol. The Kier molecular flexibility index (Phi) is 9.51. The van der Waals surface area contributed by atoms with Crippen LogP contribution in [0.1, 0.15) is 12.5 Å². The minimum atomic E-state index is -0.940. The van der Waals surface area contributed by atoms with E-state index in [2.05, 4.69) is 15.6 Å². The zero-order valence-electron chi connectivity index (χ0n) is 13.9. The lowest BCUT2D eigenvalue weighted by Gasteiger charge is -2.38. The molecule has 2 aliphatic rings. The van der Waals surface area contributed by atoms with E-state index in [1.807, 2.05) is 37.3 Å². The summed E-state index contributed by atoms with van der Waals surface area (Å²) in [6.45, 7) is 3.94. The molecule has 2 aliphatic heterocycles. The number of aliphatic imine (C=N–C) groups is 1. The van der Waals surface area contributed by atoms with Crippen molar-refractivity contribution in [3.8, 4) is 0 Å². The van der Waals surface area contributed by atoms with Gasteiger partial charge in [-0.2, -0.15) is 0 Å². The van der Waals surface area contributed by atoms with Gasteiger partial charge in [-0.05, 0) is 12.5 Å². The topological polar surface area (TPSA) is 86.1 Å². The van der Waals surface area contributed by atoms with E-state index in [1.54, 1.807) is 0 Å². The van der Waals surface area contributed by atoms with Crippen LogP contribution in [0, 0.1) is 0 Å². The van der Waals surface area contributed by atoms with Gasteiger partial charge in [0.15, 0.2) is 5.17 Å². The third-order valence-electron chi connectivity index (χ3n) is 4.01. The molecule has 0 saturated carbocycles. The van der Waals surface area contributed by atoms with Crippen molar-refractivity contribution in [2.45, 2.75) is 43.3 Å². The molecule has 2 heterocycles. The van der Waals surface area contributed by atoms with Crippen LogP contribution in [0.4, 0.5) is 0 Å². The van der Waals surface area contributed by atoms with Crippen molar-refractivity contribution < 1.29 is 14.9 Å². The molecule has 6 nitrogen and oxygen atoms in total. The molecular formula is C16H25Cl2N3O3S. The maximum atomic E-state index is 10.3. The average molecular weight is 410 g/mol. The van der Waals surface area contributed by atoms with Crippen LogP contribution in [0.3, 0.4) is 0 Å². The Labute approximate surface area is 164 Å². The van der Waals surface area contributed by atoms with Crippen molar-refractivity contribution in [1.29, 1.82) is 0 Å². The average Bonchev–Trinajstić information content (AvgIpc) is 2.96. The van der Waals surface area contributed by atoms with Crippen LogP contribution in [0.2, 0.25) is 0 Å². The van der Waals surface area contributed by atoms with Gasteiger partial charge in [-0.1, -0.05) is 42.1 Å². The largest absolute Gasteiger partial charge is 0.388 e. The third-order valence-corrected chi connectivity index (χ3v) is 5.10. The second-order valence-electron chi connectivity index (χ2n) is 5.71. The molecule has 0 amide bonds. The zero-order chi connectivity index (χ0) is 16.2. The number of aliphatic hydroxyl groups excluding tert-OH is 2. The maximum Gasteiger partial charge on any atom is 0.159 e. The maximum absolute atomic E-state index is 10.3. The molecule has 4 N–H and O–H groups in total. The highest BCUT2D eigenvalue weighted by molar-refractivity contribution is 8.14. The summed E-state index contributed by atoms with van der Waals surface area (Å²) in [6.07, 6.45) is -2.29. The molecule has 9 heteroatoms. The van der Waals surface area contributed by atoms with Gasteiger partial charge in [-0.25, -0.2) is 0 Å². The van der Waals surface area contributed by atoms with Crippen molar-refractivity contribution in [3.05, 3.63) is 35.9 Å². The number of hydrogen-bond donors (Lipinski definition) is 4. The van der Waals surface area contributed by atoms with Gasteiger partial charge in [0, 0.05) is 19.6 Å². The number of aliphatic hydroxyl groups is 2. The molecule has 142 valence electrons. The molecule has 0 aliphatic carbocycles. The molecule has 0 bridgehead atoms. The Balaban J connectivity index is 0.00000156. The lowest BCUT2D eigenvalue weighted by atomic mass is 9.98. The minimum absolute atomic E-state index is 0. The smallest absolute Gasteiger partial charge is 0.159 e. The van der Waals surface area contributed by atoms with Crippen LogP contribution in [-0.2, 0) is 11.3 Å². The Hall–Kier alpha value is -0.540. The molecule has 0 unspecified atom stereocenters. The van der Waals surface area contributed by atoms with Crippen molar-refractivity contribution in [3.63, 3.8) is 0 Å². The summed E-state index contributed by atoms with van der Waals surface area (Å²) >= 11 is 1.48. The van der Waals surface area contributed by atoms with Gasteiger partial charge in [-0.15, -0.1) is 24.8 Å². The summed E-state index contributed by atoms with van der Waals surface area (Å²) in [4.78, 5) is 4.41. The SMILES string of the molecule is CCNC1=N[C@@H]2[C@@H](O)[C@H](O)[C@@H](CNCc3ccccc3)O[C@@H]2S1.Cl.Cl. The summed E-state index contributed by atoms with van der Waals surface area (Å²) in [5.74, 6) is 0. The molecule has 1 aromatic carbocycles. The van der Waals surface area contributed by atoms with E-state index < -0.39 is 24.4 Å². The third kappa shape index (κ3) is 5.47. The summed E-state index contributed by atoms with van der Waals surface area (Å²) < 4.78 is 5.94. The Morgan fingerprint density at radius 2 is 1.88 bits per heavy atom. The van der Waals surface area contributed by atoms with E-state index in [4.69, 9.17) is 4.74 Å². The number of nitrogens with zero attached hydrogens (tertiary/aromatic N) is 1. The van der Waals surface area contributed by atoms with Crippen LogP contribution in [-0.4, -0.2) is 58.3 Å². The van der Waals surface area contributed by atoms with Crippen LogP contribution >= 0.6 is 36.6 Å². The van der Waals surface area contributed by atoms with E-state index in [0.29, 0.717) is 13.1 Å². The van der Waals surface area contributed by atoms with E-state index in [-0.39, 0.29) is 30.3 Å². The quantitative estimate of drug-likeness (QED) is 0.583. The standard InChI is InChI=1S/C16H23N3O3S.2ClH/c1-2-18-16-19-12-14(21)13(20)11(22-15(12)23-16)9-17-8-10-6-4-3-5-7-10;;/h3-7,11-15,17,20-21H,2,8-9H2,1H3,(H,18,19);2*1H/t11-,12-,13-,14-,15-;;/m1../s1. The first-order valence-corrected chi connectivity index (χ1v) is 8.81. The minimum Gasteiger partial charge on any atom is -0.388 e. The Morgan fingerprint density at radius 3 is 2.56 bits per heavy atom. The normalized spacial score (nSPS) is 30.5. The number of hydrogen-bond acceptors (Lipinski definition) is 7. The number of ether oxygens (including phenoxy) is 1.